The molecule has 0 aliphatic heterocycles. The Morgan fingerprint density at radius 3 is 1.84 bits per heavy atom. The van der Waals surface area contributed by atoms with Crippen LogP contribution in [0.4, 0.5) is 5.69 Å². The van der Waals surface area contributed by atoms with Crippen LogP contribution < -0.4 is 20.0 Å². The first-order valence-corrected chi connectivity index (χ1v) is 19.0. The van der Waals surface area contributed by atoms with Crippen molar-refractivity contribution < 1.29 is 22.2 Å². The molecule has 0 saturated carbocycles. The lowest BCUT2D eigenvalue weighted by molar-refractivity contribution is -0.119. The number of para-hydroxylation sites is 1. The zero-order chi connectivity index (χ0) is 37.1. The third-order valence-electron chi connectivity index (χ3n) is 9.13. The number of anilines is 1. The van der Waals surface area contributed by atoms with Crippen molar-refractivity contribution >= 4 is 38.7 Å². The number of hydrogen-bond donors (Lipinski definition) is 4. The third-order valence-corrected chi connectivity index (χ3v) is 9.99. The van der Waals surface area contributed by atoms with Crippen molar-refractivity contribution in [3.63, 3.8) is 0 Å². The lowest BCUT2D eigenvalue weighted by Crippen LogP contribution is -2.37. The molecule has 4 rings (SSSR count). The molecule has 0 aliphatic rings. The smallest absolute Gasteiger partial charge is 0.366 e. The number of aromatic nitrogens is 1. The summed E-state index contributed by atoms with van der Waals surface area (Å²) in [4.78, 5) is 29.9. The van der Waals surface area contributed by atoms with Crippen molar-refractivity contribution in [1.29, 1.82) is 0 Å². The average molecular weight is 703 g/mol. The molecule has 0 radical (unpaired) electrons. The van der Waals surface area contributed by atoms with Crippen molar-refractivity contribution in [2.75, 3.05) is 5.32 Å². The number of hydrogen-bond acceptors (Lipinski definition) is 6. The van der Waals surface area contributed by atoms with Crippen molar-refractivity contribution in [3.05, 3.63) is 93.7 Å². The normalized spacial score (nSPS) is 12.8. The van der Waals surface area contributed by atoms with E-state index in [1.165, 1.54) is 5.56 Å². The van der Waals surface area contributed by atoms with Gasteiger partial charge in [0.2, 0.25) is 11.8 Å². The number of H-pyrrole nitrogens is 1. The molecule has 4 aromatic rings. The Kier molecular flexibility index (Phi) is 12.2. The lowest BCUT2D eigenvalue weighted by Gasteiger charge is -2.23. The van der Waals surface area contributed by atoms with Crippen LogP contribution in [0.1, 0.15) is 138 Å². The number of benzene rings is 3. The minimum atomic E-state index is -4.56. The lowest BCUT2D eigenvalue weighted by atomic mass is 9.83. The standard InChI is InChI=1S/C40H54N4O5S/c1-22(2)27-15-31(23(3)4)35(32(16-27)24(5)6)20-38(45)44-50(47,48)49-39-33(25(7)8)18-29(19-34(39)26(9)10)43-40(46)36(41)17-28-21-42-37-14-12-11-13-30(28)37/h11-16,18-19,21-26,36,42H,17,20,41H2,1-10H3,(H,43,46)(H,44,45). The van der Waals surface area contributed by atoms with Gasteiger partial charge in [0.25, 0.3) is 0 Å². The van der Waals surface area contributed by atoms with Crippen LogP contribution in [0.5, 0.6) is 5.75 Å². The fraction of sp³-hybridized carbons (Fsp3) is 0.450. The Morgan fingerprint density at radius 2 is 1.32 bits per heavy atom. The molecular formula is C40H54N4O5S. The minimum Gasteiger partial charge on any atom is -0.366 e. The van der Waals surface area contributed by atoms with Crippen molar-refractivity contribution in [2.45, 2.75) is 118 Å². The van der Waals surface area contributed by atoms with Crippen LogP contribution in [-0.4, -0.2) is 31.3 Å². The minimum absolute atomic E-state index is 0.0974. The largest absolute Gasteiger partial charge is 0.409 e. The van der Waals surface area contributed by atoms with E-state index in [2.05, 4.69) is 68.7 Å². The monoisotopic (exact) mass is 702 g/mol. The van der Waals surface area contributed by atoms with Crippen LogP contribution in [0.25, 0.3) is 10.9 Å². The van der Waals surface area contributed by atoms with Gasteiger partial charge in [-0.05, 0) is 82.0 Å². The van der Waals surface area contributed by atoms with Gasteiger partial charge in [0.15, 0.2) is 5.75 Å². The number of amides is 2. The van der Waals surface area contributed by atoms with E-state index in [1.54, 1.807) is 12.1 Å². The molecule has 2 amide bonds. The van der Waals surface area contributed by atoms with Crippen LogP contribution in [0, 0.1) is 0 Å². The van der Waals surface area contributed by atoms with Gasteiger partial charge in [-0.1, -0.05) is 99.6 Å². The number of aromatic amines is 1. The molecule has 0 bridgehead atoms. The molecule has 0 saturated heterocycles. The van der Waals surface area contributed by atoms with E-state index in [-0.39, 0.29) is 41.7 Å². The summed E-state index contributed by atoms with van der Waals surface area (Å²) >= 11 is 0. The number of rotatable bonds is 14. The van der Waals surface area contributed by atoms with Gasteiger partial charge >= 0.3 is 10.3 Å². The van der Waals surface area contributed by atoms with E-state index in [0.29, 0.717) is 29.2 Å². The third kappa shape index (κ3) is 9.14. The molecule has 9 nitrogen and oxygen atoms in total. The van der Waals surface area contributed by atoms with E-state index in [0.717, 1.165) is 33.2 Å². The molecule has 50 heavy (non-hydrogen) atoms. The van der Waals surface area contributed by atoms with Crippen molar-refractivity contribution in [1.82, 2.24) is 9.71 Å². The quantitative estimate of drug-likeness (QED) is 0.104. The Hall–Kier alpha value is -4.15. The van der Waals surface area contributed by atoms with Gasteiger partial charge in [-0.3, -0.25) is 9.59 Å². The Labute approximate surface area is 298 Å². The van der Waals surface area contributed by atoms with E-state index in [4.69, 9.17) is 9.92 Å². The van der Waals surface area contributed by atoms with Crippen LogP contribution in [0.15, 0.2) is 54.7 Å². The highest BCUT2D eigenvalue weighted by Gasteiger charge is 2.27. The van der Waals surface area contributed by atoms with E-state index in [1.807, 2.05) is 58.2 Å². The second kappa shape index (κ2) is 15.8. The SMILES string of the molecule is CC(C)c1cc(C(C)C)c(CC(=O)NS(=O)(=O)Oc2c(C(C)C)cc(NC(=O)C(N)Cc3c[nH]c4ccccc34)cc2C(C)C)c(C(C)C)c1. The molecule has 5 N–H and O–H groups in total. The fourth-order valence-electron chi connectivity index (χ4n) is 6.34. The molecular weight excluding hydrogens is 649 g/mol. The first-order valence-electron chi connectivity index (χ1n) is 17.6. The summed E-state index contributed by atoms with van der Waals surface area (Å²) in [6.07, 6.45) is 2.11. The molecule has 10 heteroatoms. The van der Waals surface area contributed by atoms with Gasteiger partial charge in [-0.2, -0.15) is 8.42 Å². The number of carbonyl (C=O) groups is 2. The zero-order valence-corrected chi connectivity index (χ0v) is 31.9. The van der Waals surface area contributed by atoms with Crippen LogP contribution in [-0.2, 0) is 32.7 Å². The van der Waals surface area contributed by atoms with E-state index >= 15 is 0 Å². The number of fused-ring (bicyclic) bond motifs is 1. The molecule has 1 heterocycles. The van der Waals surface area contributed by atoms with Crippen molar-refractivity contribution in [3.8, 4) is 5.75 Å². The summed E-state index contributed by atoms with van der Waals surface area (Å²) in [7, 11) is -4.56. The Bertz CT molecular complexity index is 1900. The van der Waals surface area contributed by atoms with Gasteiger partial charge in [0.1, 0.15) is 0 Å². The molecule has 0 spiro atoms. The predicted octanol–water partition coefficient (Wildman–Crippen LogP) is 8.28. The molecule has 3 aromatic carbocycles. The van der Waals surface area contributed by atoms with Gasteiger partial charge < -0.3 is 20.2 Å². The molecule has 0 aliphatic carbocycles. The number of nitrogens with two attached hydrogens (primary N) is 1. The highest BCUT2D eigenvalue weighted by molar-refractivity contribution is 7.85. The Balaban J connectivity index is 1.58. The van der Waals surface area contributed by atoms with Crippen LogP contribution >= 0.6 is 0 Å². The second-order valence-corrected chi connectivity index (χ2v) is 16.1. The van der Waals surface area contributed by atoms with Crippen molar-refractivity contribution in [2.24, 2.45) is 5.73 Å². The zero-order valence-electron chi connectivity index (χ0n) is 31.1. The van der Waals surface area contributed by atoms with E-state index < -0.39 is 22.3 Å². The van der Waals surface area contributed by atoms with Gasteiger partial charge in [-0.15, -0.1) is 0 Å². The van der Waals surface area contributed by atoms with E-state index in [9.17, 15) is 18.0 Å². The highest BCUT2D eigenvalue weighted by atomic mass is 32.2. The number of carbonyl (C=O) groups excluding carboxylic acids is 2. The highest BCUT2D eigenvalue weighted by Crippen LogP contribution is 2.39. The number of nitrogens with one attached hydrogen (secondary N) is 3. The topological polar surface area (TPSA) is 143 Å². The first-order chi connectivity index (χ1) is 23.4. The maximum absolute atomic E-state index is 13.5. The molecule has 0 fully saturated rings. The van der Waals surface area contributed by atoms with Gasteiger partial charge in [0.05, 0.1) is 12.5 Å². The Morgan fingerprint density at radius 1 is 0.780 bits per heavy atom. The summed E-state index contributed by atoms with van der Waals surface area (Å²) < 4.78 is 34.9. The summed E-state index contributed by atoms with van der Waals surface area (Å²) in [5, 5.41) is 3.95. The summed E-state index contributed by atoms with van der Waals surface area (Å²) in [6, 6.07) is 14.7. The molecule has 1 aromatic heterocycles. The predicted molar refractivity (Wildman–Crippen MR) is 203 cm³/mol. The van der Waals surface area contributed by atoms with Crippen LogP contribution in [0.2, 0.25) is 0 Å². The summed E-state index contributed by atoms with van der Waals surface area (Å²) in [6.45, 7) is 20.2. The molecule has 270 valence electrons. The second-order valence-electron chi connectivity index (χ2n) is 14.8. The average Bonchev–Trinajstić information content (AvgIpc) is 3.42. The van der Waals surface area contributed by atoms with Gasteiger partial charge in [0, 0.05) is 33.9 Å². The summed E-state index contributed by atoms with van der Waals surface area (Å²) in [5.74, 6) is -0.638. The maximum atomic E-state index is 13.5. The molecule has 1 unspecified atom stereocenters. The maximum Gasteiger partial charge on any atom is 0.409 e. The van der Waals surface area contributed by atoms with Gasteiger partial charge in [-0.25, -0.2) is 4.72 Å². The molecule has 1 atom stereocenters. The van der Waals surface area contributed by atoms with Crippen LogP contribution in [0.3, 0.4) is 0 Å². The summed E-state index contributed by atoms with van der Waals surface area (Å²) in [5.41, 5.74) is 14.0. The first kappa shape index (κ1) is 38.6. The fourth-order valence-corrected chi connectivity index (χ4v) is 7.15.